The van der Waals surface area contributed by atoms with Gasteiger partial charge in [0.05, 0.1) is 32.2 Å². The Labute approximate surface area is 172 Å². The number of sulfonamides is 1. The van der Waals surface area contributed by atoms with E-state index in [0.717, 1.165) is 27.7 Å². The number of benzene rings is 2. The third kappa shape index (κ3) is 3.70. The molecule has 0 bridgehead atoms. The fourth-order valence-corrected chi connectivity index (χ4v) is 6.19. The first-order chi connectivity index (χ1) is 13.9. The maximum Gasteiger partial charge on any atom is 0.312 e. The van der Waals surface area contributed by atoms with Gasteiger partial charge in [-0.05, 0) is 37.1 Å². The van der Waals surface area contributed by atoms with E-state index in [9.17, 15) is 18.5 Å². The molecule has 0 saturated carbocycles. The number of thiazole rings is 1. The van der Waals surface area contributed by atoms with Crippen LogP contribution in [0.1, 0.15) is 23.8 Å². The molecule has 2 aromatic carbocycles. The van der Waals surface area contributed by atoms with Gasteiger partial charge < -0.3 is 4.74 Å². The highest BCUT2D eigenvalue weighted by Crippen LogP contribution is 2.36. The molecular formula is C19H19N3O5S2. The zero-order valence-corrected chi connectivity index (χ0v) is 17.3. The first kappa shape index (κ1) is 19.7. The summed E-state index contributed by atoms with van der Waals surface area (Å²) in [7, 11) is -2.55. The monoisotopic (exact) mass is 433 g/mol. The van der Waals surface area contributed by atoms with Gasteiger partial charge in [-0.3, -0.25) is 10.1 Å². The molecule has 0 N–H and O–H groups in total. The number of fused-ring (bicyclic) bond motifs is 1. The van der Waals surface area contributed by atoms with Crippen LogP contribution in [0.2, 0.25) is 0 Å². The second-order valence-electron chi connectivity index (χ2n) is 6.81. The maximum atomic E-state index is 13.2. The summed E-state index contributed by atoms with van der Waals surface area (Å²) in [6, 6.07) is 11.6. The molecule has 8 nitrogen and oxygen atoms in total. The fourth-order valence-electron chi connectivity index (χ4n) is 3.55. The van der Waals surface area contributed by atoms with E-state index in [-0.39, 0.29) is 22.3 Å². The van der Waals surface area contributed by atoms with E-state index >= 15 is 0 Å². The van der Waals surface area contributed by atoms with Crippen molar-refractivity contribution in [2.45, 2.75) is 23.7 Å². The van der Waals surface area contributed by atoms with Crippen molar-refractivity contribution in [2.75, 3.05) is 20.2 Å². The summed E-state index contributed by atoms with van der Waals surface area (Å²) in [4.78, 5) is 15.2. The van der Waals surface area contributed by atoms with E-state index in [2.05, 4.69) is 4.98 Å². The third-order valence-electron chi connectivity index (χ3n) is 5.03. The molecular weight excluding hydrogens is 414 g/mol. The minimum Gasteiger partial charge on any atom is -0.490 e. The van der Waals surface area contributed by atoms with E-state index in [1.807, 2.05) is 24.3 Å². The zero-order chi connectivity index (χ0) is 20.6. The summed E-state index contributed by atoms with van der Waals surface area (Å²) >= 11 is 1.59. The summed E-state index contributed by atoms with van der Waals surface area (Å²) < 4.78 is 33.8. The Balaban J connectivity index is 1.63. The Morgan fingerprint density at radius 1 is 1.28 bits per heavy atom. The normalized spacial score (nSPS) is 18.0. The van der Waals surface area contributed by atoms with Gasteiger partial charge in [0.2, 0.25) is 10.0 Å². The van der Waals surface area contributed by atoms with Crippen LogP contribution in [0.3, 0.4) is 0 Å². The van der Waals surface area contributed by atoms with Crippen molar-refractivity contribution in [3.63, 3.8) is 0 Å². The van der Waals surface area contributed by atoms with Crippen LogP contribution in [-0.2, 0) is 10.0 Å². The molecule has 0 amide bonds. The van der Waals surface area contributed by atoms with Gasteiger partial charge in [0.25, 0.3) is 0 Å². The molecule has 1 fully saturated rings. The second-order valence-corrected chi connectivity index (χ2v) is 9.81. The molecule has 3 aromatic rings. The summed E-state index contributed by atoms with van der Waals surface area (Å²) in [5.41, 5.74) is 0.548. The number of para-hydroxylation sites is 1. The second kappa shape index (κ2) is 7.69. The van der Waals surface area contributed by atoms with Crippen LogP contribution in [0.4, 0.5) is 5.69 Å². The Kier molecular flexibility index (Phi) is 5.24. The summed E-state index contributed by atoms with van der Waals surface area (Å²) in [5, 5.41) is 12.2. The van der Waals surface area contributed by atoms with E-state index in [0.29, 0.717) is 19.5 Å². The van der Waals surface area contributed by atoms with Crippen LogP contribution in [0, 0.1) is 10.1 Å². The van der Waals surface area contributed by atoms with Gasteiger partial charge in [-0.2, -0.15) is 4.31 Å². The molecule has 1 aliphatic heterocycles. The minimum absolute atomic E-state index is 0.00385. The molecule has 1 aromatic heterocycles. The van der Waals surface area contributed by atoms with Crippen LogP contribution < -0.4 is 4.74 Å². The van der Waals surface area contributed by atoms with Crippen LogP contribution >= 0.6 is 11.3 Å². The largest absolute Gasteiger partial charge is 0.490 e. The van der Waals surface area contributed by atoms with Gasteiger partial charge in [-0.15, -0.1) is 11.3 Å². The number of piperidine rings is 1. The lowest BCUT2D eigenvalue weighted by Gasteiger charge is -2.31. The minimum atomic E-state index is -3.86. The van der Waals surface area contributed by atoms with Gasteiger partial charge >= 0.3 is 5.69 Å². The number of nitro benzene ring substituents is 1. The Bertz CT molecular complexity index is 1140. The van der Waals surface area contributed by atoms with Crippen LogP contribution in [0.25, 0.3) is 10.2 Å². The molecule has 29 heavy (non-hydrogen) atoms. The lowest BCUT2D eigenvalue weighted by molar-refractivity contribution is -0.386. The number of nitro groups is 1. The summed E-state index contributed by atoms with van der Waals surface area (Å²) in [6.07, 6.45) is 1.56. The van der Waals surface area contributed by atoms with Crippen molar-refractivity contribution in [1.29, 1.82) is 0 Å². The van der Waals surface area contributed by atoms with Gasteiger partial charge in [-0.25, -0.2) is 13.4 Å². The van der Waals surface area contributed by atoms with Crippen molar-refractivity contribution < 1.29 is 18.1 Å². The highest BCUT2D eigenvalue weighted by molar-refractivity contribution is 7.89. The zero-order valence-electron chi connectivity index (χ0n) is 15.6. The number of aromatic nitrogens is 1. The van der Waals surface area contributed by atoms with Gasteiger partial charge in [0, 0.05) is 25.1 Å². The Morgan fingerprint density at radius 3 is 2.79 bits per heavy atom. The van der Waals surface area contributed by atoms with Gasteiger partial charge in [0.15, 0.2) is 5.75 Å². The van der Waals surface area contributed by atoms with Crippen LogP contribution in [0.15, 0.2) is 47.4 Å². The van der Waals surface area contributed by atoms with Gasteiger partial charge in [-0.1, -0.05) is 12.1 Å². The molecule has 1 saturated heterocycles. The number of hydrogen-bond acceptors (Lipinski definition) is 7. The lowest BCUT2D eigenvalue weighted by Crippen LogP contribution is -2.39. The average Bonchev–Trinajstić information content (AvgIpc) is 3.17. The molecule has 152 valence electrons. The van der Waals surface area contributed by atoms with Crippen LogP contribution in [-0.4, -0.2) is 42.8 Å². The molecule has 0 unspecified atom stereocenters. The number of rotatable bonds is 5. The van der Waals surface area contributed by atoms with E-state index in [1.54, 1.807) is 11.3 Å². The first-order valence-corrected chi connectivity index (χ1v) is 11.3. The molecule has 2 heterocycles. The maximum absolute atomic E-state index is 13.2. The lowest BCUT2D eigenvalue weighted by atomic mass is 10.0. The molecule has 4 rings (SSSR count). The summed E-state index contributed by atoms with van der Waals surface area (Å²) in [6.45, 7) is 0.686. The number of methoxy groups -OCH3 is 1. The average molecular weight is 434 g/mol. The molecule has 10 heteroatoms. The Hall–Kier alpha value is -2.56. The SMILES string of the molecule is COc1ccc(S(=O)(=O)N2CCC[C@H](c3nc4ccccc4s3)C2)cc1[N+](=O)[O-]. The van der Waals surface area contributed by atoms with Crippen molar-refractivity contribution in [1.82, 2.24) is 9.29 Å². The highest BCUT2D eigenvalue weighted by Gasteiger charge is 2.33. The quantitative estimate of drug-likeness (QED) is 0.448. The predicted molar refractivity (Wildman–Crippen MR) is 110 cm³/mol. The molecule has 0 spiro atoms. The highest BCUT2D eigenvalue weighted by atomic mass is 32.2. The molecule has 0 aliphatic carbocycles. The van der Waals surface area contributed by atoms with Crippen LogP contribution in [0.5, 0.6) is 5.75 Å². The van der Waals surface area contributed by atoms with E-state index < -0.39 is 14.9 Å². The van der Waals surface area contributed by atoms with Crippen molar-refractivity contribution >= 4 is 37.3 Å². The van der Waals surface area contributed by atoms with E-state index in [1.165, 1.54) is 23.5 Å². The molecule has 0 radical (unpaired) electrons. The van der Waals surface area contributed by atoms with E-state index in [4.69, 9.17) is 4.74 Å². The number of ether oxygens (including phenoxy) is 1. The third-order valence-corrected chi connectivity index (χ3v) is 8.09. The number of hydrogen-bond donors (Lipinski definition) is 0. The smallest absolute Gasteiger partial charge is 0.312 e. The first-order valence-electron chi connectivity index (χ1n) is 9.08. The summed E-state index contributed by atoms with van der Waals surface area (Å²) in [5.74, 6) is 0.0316. The number of nitrogens with zero attached hydrogens (tertiary/aromatic N) is 3. The van der Waals surface area contributed by atoms with Crippen molar-refractivity contribution in [3.05, 3.63) is 57.6 Å². The predicted octanol–water partition coefficient (Wildman–Crippen LogP) is 3.78. The van der Waals surface area contributed by atoms with Crippen molar-refractivity contribution in [3.8, 4) is 5.75 Å². The molecule has 1 aliphatic rings. The topological polar surface area (TPSA) is 103 Å². The fraction of sp³-hybridized carbons (Fsp3) is 0.316. The molecule has 1 atom stereocenters. The Morgan fingerprint density at radius 2 is 2.07 bits per heavy atom. The standard InChI is InChI=1S/C19H19N3O5S2/c1-27-17-9-8-14(11-16(17)22(23)24)29(25,26)21-10-4-5-13(12-21)19-20-15-6-2-3-7-18(15)28-19/h2-3,6-9,11,13H,4-5,10,12H2,1H3/t13-/m0/s1. The van der Waals surface area contributed by atoms with Gasteiger partial charge in [0.1, 0.15) is 0 Å². The van der Waals surface area contributed by atoms with Crippen molar-refractivity contribution in [2.24, 2.45) is 0 Å².